The molecule has 0 aliphatic carbocycles. The number of carbonyl (C=O) groups is 1. The largest absolute Gasteiger partial charge is 0.424 e. The van der Waals surface area contributed by atoms with E-state index in [0.717, 1.165) is 21.9 Å². The summed E-state index contributed by atoms with van der Waals surface area (Å²) in [5, 5.41) is 4.83. The van der Waals surface area contributed by atoms with E-state index in [-0.39, 0.29) is 11.4 Å². The lowest BCUT2D eigenvalue weighted by atomic mass is 10.1. The summed E-state index contributed by atoms with van der Waals surface area (Å²) in [6.45, 7) is 2.09. The van der Waals surface area contributed by atoms with Crippen LogP contribution < -0.4 is 5.32 Å². The van der Waals surface area contributed by atoms with Crippen LogP contribution in [0.5, 0.6) is 0 Å². The van der Waals surface area contributed by atoms with Gasteiger partial charge in [-0.1, -0.05) is 84.4 Å². The van der Waals surface area contributed by atoms with Crippen LogP contribution in [0.2, 0.25) is 0 Å². The summed E-state index contributed by atoms with van der Waals surface area (Å²) in [5.74, 6) is 0. The lowest BCUT2D eigenvalue weighted by molar-refractivity contribution is 0.131. The number of benzene rings is 4. The molecule has 0 spiro atoms. The maximum absolute atomic E-state index is 13.3. The van der Waals surface area contributed by atoms with Gasteiger partial charge in [0.05, 0.1) is 4.90 Å². The minimum absolute atomic E-state index is 0.0966. The van der Waals surface area contributed by atoms with E-state index in [0.29, 0.717) is 5.56 Å². The maximum atomic E-state index is 13.3. The van der Waals surface area contributed by atoms with Gasteiger partial charge in [-0.25, -0.2) is 13.2 Å². The van der Waals surface area contributed by atoms with E-state index in [1.165, 1.54) is 12.1 Å². The van der Waals surface area contributed by atoms with Gasteiger partial charge in [-0.05, 0) is 41.5 Å². The zero-order valence-corrected chi connectivity index (χ0v) is 18.4. The Labute approximate surface area is 187 Å². The number of carbonyl (C=O) groups excluding carboxylic acids is 1. The van der Waals surface area contributed by atoms with Crippen LogP contribution in [0.15, 0.2) is 102 Å². The van der Waals surface area contributed by atoms with Crippen LogP contribution in [0.25, 0.3) is 10.8 Å². The predicted octanol–water partition coefficient (Wildman–Crippen LogP) is 5.55. The van der Waals surface area contributed by atoms with Gasteiger partial charge in [0, 0.05) is 12.1 Å². The molecule has 0 aliphatic rings. The Hall–Kier alpha value is -3.64. The van der Waals surface area contributed by atoms with Crippen LogP contribution in [0.3, 0.4) is 0 Å². The highest BCUT2D eigenvalue weighted by Gasteiger charge is 2.32. The Kier molecular flexibility index (Phi) is 6.23. The van der Waals surface area contributed by atoms with Crippen LogP contribution in [-0.4, -0.2) is 14.5 Å². The fourth-order valence-electron chi connectivity index (χ4n) is 3.43. The third kappa shape index (κ3) is 4.81. The summed E-state index contributed by atoms with van der Waals surface area (Å²) in [6.07, 6.45) is -0.803. The molecular weight excluding hydrogens is 422 g/mol. The average molecular weight is 446 g/mol. The molecule has 0 heterocycles. The van der Waals surface area contributed by atoms with Gasteiger partial charge in [-0.2, -0.15) is 0 Å². The standard InChI is InChI=1S/C26H23NO4S/c1-19-11-15-24(16-12-19)32(29,30)25(22-8-3-2-4-9-22)31-26(28)27-18-20-13-14-21-7-5-6-10-23(21)17-20/h2-17,25H,18H2,1H3,(H,27,28). The molecule has 6 heteroatoms. The zero-order valence-electron chi connectivity index (χ0n) is 17.6. The smallest absolute Gasteiger partial charge is 0.409 e. The van der Waals surface area contributed by atoms with Gasteiger partial charge >= 0.3 is 6.09 Å². The van der Waals surface area contributed by atoms with Crippen LogP contribution in [0, 0.1) is 6.92 Å². The van der Waals surface area contributed by atoms with Crippen molar-refractivity contribution in [3.05, 3.63) is 114 Å². The number of sulfone groups is 1. The summed E-state index contributed by atoms with van der Waals surface area (Å²) in [6, 6.07) is 28.8. The molecule has 0 bridgehead atoms. The SMILES string of the molecule is Cc1ccc(S(=O)(=O)C(OC(=O)NCc2ccc3ccccc3c2)c2ccccc2)cc1. The molecule has 32 heavy (non-hydrogen) atoms. The summed E-state index contributed by atoms with van der Waals surface area (Å²) in [5.41, 5.74) is 0.754. The highest BCUT2D eigenvalue weighted by Crippen LogP contribution is 2.30. The topological polar surface area (TPSA) is 72.5 Å². The van der Waals surface area contributed by atoms with Crippen molar-refractivity contribution in [3.8, 4) is 0 Å². The molecule has 1 atom stereocenters. The molecule has 0 radical (unpaired) electrons. The van der Waals surface area contributed by atoms with Crippen molar-refractivity contribution in [1.29, 1.82) is 0 Å². The molecule has 0 saturated heterocycles. The van der Waals surface area contributed by atoms with Gasteiger partial charge in [0.15, 0.2) is 0 Å². The van der Waals surface area contributed by atoms with Gasteiger partial charge in [-0.15, -0.1) is 0 Å². The van der Waals surface area contributed by atoms with Crippen molar-refractivity contribution in [2.45, 2.75) is 23.8 Å². The van der Waals surface area contributed by atoms with Crippen molar-refractivity contribution < 1.29 is 17.9 Å². The lowest BCUT2D eigenvalue weighted by Crippen LogP contribution is -2.28. The van der Waals surface area contributed by atoms with Crippen molar-refractivity contribution in [1.82, 2.24) is 5.32 Å². The average Bonchev–Trinajstić information content (AvgIpc) is 2.82. The number of aryl methyl sites for hydroxylation is 1. The van der Waals surface area contributed by atoms with E-state index in [1.807, 2.05) is 49.4 Å². The third-order valence-electron chi connectivity index (χ3n) is 5.17. The molecule has 0 aliphatic heterocycles. The highest BCUT2D eigenvalue weighted by molar-refractivity contribution is 7.91. The number of fused-ring (bicyclic) bond motifs is 1. The zero-order chi connectivity index (χ0) is 22.6. The minimum atomic E-state index is -3.96. The lowest BCUT2D eigenvalue weighted by Gasteiger charge is -2.19. The van der Waals surface area contributed by atoms with E-state index in [1.54, 1.807) is 42.5 Å². The maximum Gasteiger partial charge on any atom is 0.409 e. The Morgan fingerprint density at radius 2 is 1.50 bits per heavy atom. The summed E-state index contributed by atoms with van der Waals surface area (Å²) < 4.78 is 32.0. The molecule has 0 fully saturated rings. The Bertz CT molecular complexity index is 1330. The van der Waals surface area contributed by atoms with Crippen molar-refractivity contribution in [3.63, 3.8) is 0 Å². The van der Waals surface area contributed by atoms with Gasteiger partial charge in [0.2, 0.25) is 15.3 Å². The van der Waals surface area contributed by atoms with E-state index >= 15 is 0 Å². The molecule has 4 rings (SSSR count). The molecule has 1 unspecified atom stereocenters. The van der Waals surface area contributed by atoms with Crippen LogP contribution in [0.1, 0.15) is 22.1 Å². The Balaban J connectivity index is 1.54. The van der Waals surface area contributed by atoms with Crippen molar-refractivity contribution in [2.75, 3.05) is 0 Å². The summed E-state index contributed by atoms with van der Waals surface area (Å²) in [7, 11) is -3.96. The Morgan fingerprint density at radius 1 is 0.844 bits per heavy atom. The molecule has 5 nitrogen and oxygen atoms in total. The normalized spacial score (nSPS) is 12.3. The number of hydrogen-bond donors (Lipinski definition) is 1. The van der Waals surface area contributed by atoms with E-state index < -0.39 is 21.4 Å². The van der Waals surface area contributed by atoms with Crippen LogP contribution in [-0.2, 0) is 21.1 Å². The fourth-order valence-corrected chi connectivity index (χ4v) is 4.93. The van der Waals surface area contributed by atoms with Crippen molar-refractivity contribution >= 4 is 26.7 Å². The second-order valence-corrected chi connectivity index (χ2v) is 9.53. The first kappa shape index (κ1) is 21.6. The van der Waals surface area contributed by atoms with Crippen molar-refractivity contribution in [2.24, 2.45) is 0 Å². The van der Waals surface area contributed by atoms with Gasteiger partial charge < -0.3 is 10.1 Å². The number of hydrogen-bond acceptors (Lipinski definition) is 4. The molecule has 1 amide bonds. The Morgan fingerprint density at radius 3 is 2.22 bits per heavy atom. The van der Waals surface area contributed by atoms with Gasteiger partial charge in [0.25, 0.3) is 0 Å². The molecule has 0 aromatic heterocycles. The second-order valence-electron chi connectivity index (χ2n) is 7.54. The molecule has 0 saturated carbocycles. The number of rotatable bonds is 6. The second kappa shape index (κ2) is 9.24. The molecule has 4 aromatic carbocycles. The molecule has 4 aromatic rings. The van der Waals surface area contributed by atoms with Crippen LogP contribution >= 0.6 is 0 Å². The van der Waals surface area contributed by atoms with E-state index in [9.17, 15) is 13.2 Å². The van der Waals surface area contributed by atoms with Crippen LogP contribution in [0.4, 0.5) is 4.79 Å². The van der Waals surface area contributed by atoms with E-state index in [2.05, 4.69) is 5.32 Å². The first-order valence-electron chi connectivity index (χ1n) is 10.2. The fraction of sp³-hybridized carbons (Fsp3) is 0.115. The number of ether oxygens (including phenoxy) is 1. The predicted molar refractivity (Wildman–Crippen MR) is 125 cm³/mol. The van der Waals surface area contributed by atoms with Gasteiger partial charge in [0.1, 0.15) is 0 Å². The number of alkyl carbamates (subject to hydrolysis) is 1. The van der Waals surface area contributed by atoms with Gasteiger partial charge in [-0.3, -0.25) is 0 Å². The minimum Gasteiger partial charge on any atom is -0.424 e. The highest BCUT2D eigenvalue weighted by atomic mass is 32.2. The first-order chi connectivity index (χ1) is 15.4. The summed E-state index contributed by atoms with van der Waals surface area (Å²) in [4.78, 5) is 12.7. The quantitative estimate of drug-likeness (QED) is 0.422. The summed E-state index contributed by atoms with van der Waals surface area (Å²) >= 11 is 0. The third-order valence-corrected chi connectivity index (χ3v) is 7.03. The number of nitrogens with one attached hydrogen (secondary N) is 1. The molecule has 162 valence electrons. The first-order valence-corrected chi connectivity index (χ1v) is 11.8. The monoisotopic (exact) mass is 445 g/mol. The molecule has 1 N–H and O–H groups in total. The molecular formula is C26H23NO4S. The number of amides is 1. The van der Waals surface area contributed by atoms with E-state index in [4.69, 9.17) is 4.74 Å².